The van der Waals surface area contributed by atoms with Crippen LogP contribution in [-0.4, -0.2) is 31.3 Å². The van der Waals surface area contributed by atoms with Crippen molar-refractivity contribution in [2.75, 3.05) is 20.3 Å². The lowest BCUT2D eigenvalue weighted by Gasteiger charge is -2.27. The van der Waals surface area contributed by atoms with Crippen LogP contribution in [0.1, 0.15) is 16.8 Å². The summed E-state index contributed by atoms with van der Waals surface area (Å²) < 4.78 is 10.9. The standard InChI is InChI=1S/C12H18N2O2/c1-8-4-9(2)14-12(11(8)5-13-3)16-10-6-15-7-10/h4,10,13H,5-7H2,1-3H3. The molecule has 0 aliphatic carbocycles. The fraction of sp³-hybridized carbons (Fsp3) is 0.583. The highest BCUT2D eigenvalue weighted by Gasteiger charge is 2.22. The maximum Gasteiger partial charge on any atom is 0.218 e. The molecule has 88 valence electrons. The molecule has 0 unspecified atom stereocenters. The van der Waals surface area contributed by atoms with Gasteiger partial charge in [0.25, 0.3) is 0 Å². The minimum atomic E-state index is 0.171. The summed E-state index contributed by atoms with van der Waals surface area (Å²) in [4.78, 5) is 4.46. The van der Waals surface area contributed by atoms with E-state index in [0.29, 0.717) is 13.2 Å². The Labute approximate surface area is 96.0 Å². The number of aromatic nitrogens is 1. The average Bonchev–Trinajstić information content (AvgIpc) is 2.16. The SMILES string of the molecule is CNCc1c(C)cc(C)nc1OC1COC1. The Morgan fingerprint density at radius 1 is 1.50 bits per heavy atom. The van der Waals surface area contributed by atoms with Gasteiger partial charge < -0.3 is 14.8 Å². The molecule has 2 rings (SSSR count). The summed E-state index contributed by atoms with van der Waals surface area (Å²) in [7, 11) is 1.93. The third-order valence-corrected chi connectivity index (χ3v) is 2.68. The normalized spacial score (nSPS) is 15.9. The summed E-state index contributed by atoms with van der Waals surface area (Å²) in [5.74, 6) is 0.750. The molecular weight excluding hydrogens is 204 g/mol. The van der Waals surface area contributed by atoms with E-state index in [2.05, 4.69) is 23.3 Å². The maximum atomic E-state index is 5.82. The van der Waals surface area contributed by atoms with E-state index in [1.807, 2.05) is 14.0 Å². The number of hydrogen-bond donors (Lipinski definition) is 1. The zero-order chi connectivity index (χ0) is 11.5. The molecule has 4 nitrogen and oxygen atoms in total. The first kappa shape index (κ1) is 11.4. The average molecular weight is 222 g/mol. The van der Waals surface area contributed by atoms with Gasteiger partial charge in [-0.1, -0.05) is 0 Å². The van der Waals surface area contributed by atoms with Gasteiger partial charge in [-0.05, 0) is 32.5 Å². The van der Waals surface area contributed by atoms with Crippen LogP contribution in [0.3, 0.4) is 0 Å². The predicted octanol–water partition coefficient (Wildman–Crippen LogP) is 1.20. The first-order chi connectivity index (χ1) is 7.70. The van der Waals surface area contributed by atoms with E-state index in [-0.39, 0.29) is 6.10 Å². The Kier molecular flexibility index (Phi) is 3.41. The van der Waals surface area contributed by atoms with Crippen LogP contribution < -0.4 is 10.1 Å². The van der Waals surface area contributed by atoms with Crippen LogP contribution >= 0.6 is 0 Å². The number of rotatable bonds is 4. The van der Waals surface area contributed by atoms with Crippen LogP contribution in [0.15, 0.2) is 6.07 Å². The van der Waals surface area contributed by atoms with Gasteiger partial charge in [0.05, 0.1) is 13.2 Å². The molecule has 0 aromatic carbocycles. The van der Waals surface area contributed by atoms with Gasteiger partial charge in [0.1, 0.15) is 6.10 Å². The maximum absolute atomic E-state index is 5.82. The van der Waals surface area contributed by atoms with Crippen molar-refractivity contribution in [1.29, 1.82) is 0 Å². The minimum Gasteiger partial charge on any atom is -0.469 e. The highest BCUT2D eigenvalue weighted by atomic mass is 16.6. The van der Waals surface area contributed by atoms with Crippen molar-refractivity contribution in [1.82, 2.24) is 10.3 Å². The van der Waals surface area contributed by atoms with Gasteiger partial charge in [-0.15, -0.1) is 0 Å². The zero-order valence-electron chi connectivity index (χ0n) is 10.0. The van der Waals surface area contributed by atoms with Gasteiger partial charge in [-0.25, -0.2) is 4.98 Å². The Bertz CT molecular complexity index is 376. The lowest BCUT2D eigenvalue weighted by Crippen LogP contribution is -2.39. The predicted molar refractivity (Wildman–Crippen MR) is 61.7 cm³/mol. The summed E-state index contributed by atoms with van der Waals surface area (Å²) >= 11 is 0. The van der Waals surface area contributed by atoms with Gasteiger partial charge in [0.15, 0.2) is 0 Å². The summed E-state index contributed by atoms with van der Waals surface area (Å²) in [6.07, 6.45) is 0.171. The molecule has 1 aliphatic rings. The van der Waals surface area contributed by atoms with Crippen LogP contribution in [0.2, 0.25) is 0 Å². The quantitative estimate of drug-likeness (QED) is 0.831. The number of ether oxygens (including phenoxy) is 2. The molecule has 1 fully saturated rings. The molecule has 0 spiro atoms. The zero-order valence-corrected chi connectivity index (χ0v) is 10.0. The number of hydrogen-bond acceptors (Lipinski definition) is 4. The third kappa shape index (κ3) is 2.33. The number of nitrogens with zero attached hydrogens (tertiary/aromatic N) is 1. The second-order valence-corrected chi connectivity index (χ2v) is 4.17. The van der Waals surface area contributed by atoms with E-state index in [4.69, 9.17) is 9.47 Å². The fourth-order valence-corrected chi connectivity index (χ4v) is 1.76. The van der Waals surface area contributed by atoms with Gasteiger partial charge in [-0.3, -0.25) is 0 Å². The Balaban J connectivity index is 2.24. The van der Waals surface area contributed by atoms with Crippen molar-refractivity contribution in [2.45, 2.75) is 26.5 Å². The van der Waals surface area contributed by atoms with Crippen LogP contribution in [0.25, 0.3) is 0 Å². The van der Waals surface area contributed by atoms with E-state index in [0.717, 1.165) is 23.7 Å². The molecule has 0 saturated carbocycles. The molecule has 0 amide bonds. The van der Waals surface area contributed by atoms with Crippen molar-refractivity contribution in [3.05, 3.63) is 22.9 Å². The molecule has 0 atom stereocenters. The number of nitrogens with one attached hydrogen (secondary N) is 1. The van der Waals surface area contributed by atoms with Crippen molar-refractivity contribution in [2.24, 2.45) is 0 Å². The van der Waals surface area contributed by atoms with Gasteiger partial charge >= 0.3 is 0 Å². The van der Waals surface area contributed by atoms with E-state index >= 15 is 0 Å². The minimum absolute atomic E-state index is 0.171. The topological polar surface area (TPSA) is 43.4 Å². The fourth-order valence-electron chi connectivity index (χ4n) is 1.76. The molecule has 0 bridgehead atoms. The molecular formula is C12H18N2O2. The molecule has 1 N–H and O–H groups in total. The molecule has 1 saturated heterocycles. The molecule has 4 heteroatoms. The smallest absolute Gasteiger partial charge is 0.218 e. The number of aryl methyl sites for hydroxylation is 2. The molecule has 2 heterocycles. The lowest BCUT2D eigenvalue weighted by molar-refractivity contribution is -0.0817. The van der Waals surface area contributed by atoms with Crippen molar-refractivity contribution in [3.63, 3.8) is 0 Å². The summed E-state index contributed by atoms with van der Waals surface area (Å²) in [6.45, 7) is 6.20. The van der Waals surface area contributed by atoms with Crippen LogP contribution in [0.4, 0.5) is 0 Å². The van der Waals surface area contributed by atoms with Crippen LogP contribution in [-0.2, 0) is 11.3 Å². The van der Waals surface area contributed by atoms with Gasteiger partial charge in [0.2, 0.25) is 5.88 Å². The third-order valence-electron chi connectivity index (χ3n) is 2.68. The second kappa shape index (κ2) is 4.80. The van der Waals surface area contributed by atoms with Gasteiger partial charge in [-0.2, -0.15) is 0 Å². The van der Waals surface area contributed by atoms with E-state index in [1.54, 1.807) is 0 Å². The largest absolute Gasteiger partial charge is 0.469 e. The van der Waals surface area contributed by atoms with E-state index in [1.165, 1.54) is 5.56 Å². The molecule has 1 aromatic heterocycles. The summed E-state index contributed by atoms with van der Waals surface area (Å²) in [6, 6.07) is 2.08. The van der Waals surface area contributed by atoms with Gasteiger partial charge in [0, 0.05) is 17.8 Å². The van der Waals surface area contributed by atoms with Crippen molar-refractivity contribution >= 4 is 0 Å². The molecule has 16 heavy (non-hydrogen) atoms. The Hall–Kier alpha value is -1.13. The second-order valence-electron chi connectivity index (χ2n) is 4.17. The lowest BCUT2D eigenvalue weighted by atomic mass is 10.1. The molecule has 0 radical (unpaired) electrons. The number of pyridine rings is 1. The highest BCUT2D eigenvalue weighted by molar-refractivity contribution is 5.36. The first-order valence-electron chi connectivity index (χ1n) is 5.57. The van der Waals surface area contributed by atoms with E-state index < -0.39 is 0 Å². The Morgan fingerprint density at radius 3 is 2.81 bits per heavy atom. The molecule has 1 aliphatic heterocycles. The van der Waals surface area contributed by atoms with E-state index in [9.17, 15) is 0 Å². The van der Waals surface area contributed by atoms with Crippen LogP contribution in [0, 0.1) is 13.8 Å². The van der Waals surface area contributed by atoms with Crippen LogP contribution in [0.5, 0.6) is 5.88 Å². The monoisotopic (exact) mass is 222 g/mol. The molecule has 1 aromatic rings. The summed E-state index contributed by atoms with van der Waals surface area (Å²) in [5, 5.41) is 3.14. The summed E-state index contributed by atoms with van der Waals surface area (Å²) in [5.41, 5.74) is 3.35. The van der Waals surface area contributed by atoms with Crippen molar-refractivity contribution < 1.29 is 9.47 Å². The van der Waals surface area contributed by atoms with Crippen molar-refractivity contribution in [3.8, 4) is 5.88 Å². The highest BCUT2D eigenvalue weighted by Crippen LogP contribution is 2.23. The Morgan fingerprint density at radius 2 is 2.25 bits per heavy atom. The first-order valence-corrected chi connectivity index (χ1v) is 5.57.